The predicted molar refractivity (Wildman–Crippen MR) is 83.8 cm³/mol. The standard InChI is InChI=1S/C17H27F2NO4/c1-5-23-13(21)12-10-16(6-8-17(18,19)9-7-16)11-20(12)14(22)24-15(2,3)4/h12H,5-11H2,1-4H3. The fourth-order valence-corrected chi connectivity index (χ4v) is 3.53. The Morgan fingerprint density at radius 1 is 1.17 bits per heavy atom. The molecule has 5 nitrogen and oxygen atoms in total. The minimum absolute atomic E-state index is 0.204. The van der Waals surface area contributed by atoms with Crippen molar-refractivity contribution >= 4 is 12.1 Å². The average molecular weight is 347 g/mol. The Hall–Kier alpha value is -1.40. The highest BCUT2D eigenvalue weighted by Crippen LogP contribution is 2.50. The van der Waals surface area contributed by atoms with E-state index in [1.165, 1.54) is 4.90 Å². The van der Waals surface area contributed by atoms with Gasteiger partial charge in [-0.25, -0.2) is 18.4 Å². The maximum absolute atomic E-state index is 13.5. The van der Waals surface area contributed by atoms with E-state index in [0.717, 1.165) is 0 Å². The summed E-state index contributed by atoms with van der Waals surface area (Å²) >= 11 is 0. The van der Waals surface area contributed by atoms with Gasteiger partial charge in [0, 0.05) is 19.4 Å². The van der Waals surface area contributed by atoms with Gasteiger partial charge in [-0.15, -0.1) is 0 Å². The van der Waals surface area contributed by atoms with Crippen LogP contribution in [0.5, 0.6) is 0 Å². The number of hydrogen-bond donors (Lipinski definition) is 0. The molecule has 1 atom stereocenters. The molecular weight excluding hydrogens is 320 g/mol. The number of rotatable bonds is 2. The van der Waals surface area contributed by atoms with E-state index in [0.29, 0.717) is 19.3 Å². The van der Waals surface area contributed by atoms with Crippen LogP contribution in [-0.4, -0.2) is 47.7 Å². The Morgan fingerprint density at radius 2 is 1.75 bits per heavy atom. The van der Waals surface area contributed by atoms with Crippen LogP contribution in [0.15, 0.2) is 0 Å². The lowest BCUT2D eigenvalue weighted by Crippen LogP contribution is -2.44. The number of amides is 1. The van der Waals surface area contributed by atoms with Crippen LogP contribution in [0.1, 0.15) is 59.8 Å². The Bertz CT molecular complexity index is 491. The van der Waals surface area contributed by atoms with Crippen LogP contribution < -0.4 is 0 Å². The third-order valence-electron chi connectivity index (χ3n) is 4.74. The number of esters is 1. The van der Waals surface area contributed by atoms with E-state index >= 15 is 0 Å². The fourth-order valence-electron chi connectivity index (χ4n) is 3.53. The van der Waals surface area contributed by atoms with Crippen molar-refractivity contribution in [1.29, 1.82) is 0 Å². The number of hydrogen-bond acceptors (Lipinski definition) is 4. The third kappa shape index (κ3) is 4.36. The summed E-state index contributed by atoms with van der Waals surface area (Å²) in [5, 5.41) is 0. The lowest BCUT2D eigenvalue weighted by Gasteiger charge is -2.36. The van der Waals surface area contributed by atoms with Gasteiger partial charge in [0.2, 0.25) is 5.92 Å². The first-order chi connectivity index (χ1) is 11.0. The van der Waals surface area contributed by atoms with Crippen molar-refractivity contribution in [2.45, 2.75) is 77.4 Å². The van der Waals surface area contributed by atoms with Gasteiger partial charge in [0.25, 0.3) is 0 Å². The molecule has 1 saturated carbocycles. The van der Waals surface area contributed by atoms with Crippen LogP contribution in [0.2, 0.25) is 0 Å². The second-order valence-electron chi connectivity index (χ2n) is 7.94. The normalized spacial score (nSPS) is 25.6. The number of alkyl halides is 2. The summed E-state index contributed by atoms with van der Waals surface area (Å²) in [6, 6.07) is -0.758. The number of likely N-dealkylation sites (tertiary alicyclic amines) is 1. The van der Waals surface area contributed by atoms with E-state index in [1.54, 1.807) is 27.7 Å². The molecule has 1 saturated heterocycles. The van der Waals surface area contributed by atoms with Crippen LogP contribution >= 0.6 is 0 Å². The molecule has 0 aromatic carbocycles. The van der Waals surface area contributed by atoms with Crippen molar-refractivity contribution in [3.63, 3.8) is 0 Å². The molecule has 1 aliphatic heterocycles. The summed E-state index contributed by atoms with van der Waals surface area (Å²) in [5.74, 6) is -3.14. The highest BCUT2D eigenvalue weighted by molar-refractivity contribution is 5.82. The van der Waals surface area contributed by atoms with Gasteiger partial charge < -0.3 is 9.47 Å². The van der Waals surface area contributed by atoms with E-state index in [9.17, 15) is 18.4 Å². The lowest BCUT2D eigenvalue weighted by molar-refractivity contribution is -0.148. The van der Waals surface area contributed by atoms with Gasteiger partial charge in [-0.1, -0.05) is 0 Å². The Labute approximate surface area is 141 Å². The Morgan fingerprint density at radius 3 is 2.25 bits per heavy atom. The fraction of sp³-hybridized carbons (Fsp3) is 0.882. The van der Waals surface area contributed by atoms with E-state index in [2.05, 4.69) is 0 Å². The SMILES string of the molecule is CCOC(=O)C1CC2(CCC(F)(F)CC2)CN1C(=O)OC(C)(C)C. The molecule has 2 aliphatic rings. The van der Waals surface area contributed by atoms with Crippen molar-refractivity contribution < 1.29 is 27.8 Å². The first kappa shape index (κ1) is 18.9. The molecule has 0 bridgehead atoms. The van der Waals surface area contributed by atoms with E-state index < -0.39 is 35.0 Å². The smallest absolute Gasteiger partial charge is 0.411 e. The van der Waals surface area contributed by atoms with Crippen LogP contribution in [0.4, 0.5) is 13.6 Å². The molecule has 0 aromatic rings. The molecule has 7 heteroatoms. The molecule has 1 unspecified atom stereocenters. The zero-order chi connectivity index (χ0) is 18.2. The van der Waals surface area contributed by atoms with Gasteiger partial charge in [0.15, 0.2) is 0 Å². The topological polar surface area (TPSA) is 55.8 Å². The molecule has 0 aromatic heterocycles. The van der Waals surface area contributed by atoms with Crippen LogP contribution in [0.3, 0.4) is 0 Å². The first-order valence-electron chi connectivity index (χ1n) is 8.51. The van der Waals surface area contributed by atoms with Crippen molar-refractivity contribution in [1.82, 2.24) is 4.90 Å². The molecule has 0 N–H and O–H groups in total. The van der Waals surface area contributed by atoms with Crippen molar-refractivity contribution in [3.05, 3.63) is 0 Å². The largest absolute Gasteiger partial charge is 0.464 e. The molecule has 2 rings (SSSR count). The van der Waals surface area contributed by atoms with Crippen molar-refractivity contribution in [2.75, 3.05) is 13.2 Å². The number of ether oxygens (including phenoxy) is 2. The highest BCUT2D eigenvalue weighted by atomic mass is 19.3. The van der Waals surface area contributed by atoms with Crippen molar-refractivity contribution in [2.24, 2.45) is 5.41 Å². The summed E-state index contributed by atoms with van der Waals surface area (Å²) in [7, 11) is 0. The molecule has 24 heavy (non-hydrogen) atoms. The molecular formula is C17H27F2NO4. The summed E-state index contributed by atoms with van der Waals surface area (Å²) in [5.41, 5.74) is -1.14. The van der Waals surface area contributed by atoms with Gasteiger partial charge in [0.05, 0.1) is 6.61 Å². The Balaban J connectivity index is 2.17. The molecule has 0 radical (unpaired) electrons. The quantitative estimate of drug-likeness (QED) is 0.714. The molecule has 1 amide bonds. The van der Waals surface area contributed by atoms with Crippen LogP contribution in [0, 0.1) is 5.41 Å². The van der Waals surface area contributed by atoms with Crippen molar-refractivity contribution in [3.8, 4) is 0 Å². The summed E-state index contributed by atoms with van der Waals surface area (Å²) in [6.07, 6.45) is -0.0317. The summed E-state index contributed by atoms with van der Waals surface area (Å²) < 4.78 is 37.5. The third-order valence-corrected chi connectivity index (χ3v) is 4.74. The minimum Gasteiger partial charge on any atom is -0.464 e. The zero-order valence-corrected chi connectivity index (χ0v) is 14.9. The van der Waals surface area contributed by atoms with Gasteiger partial charge in [-0.2, -0.15) is 0 Å². The summed E-state index contributed by atoms with van der Waals surface area (Å²) in [6.45, 7) is 7.41. The second-order valence-corrected chi connectivity index (χ2v) is 7.94. The average Bonchev–Trinajstić information content (AvgIpc) is 2.82. The first-order valence-corrected chi connectivity index (χ1v) is 8.51. The second kappa shape index (κ2) is 6.48. The number of carbonyl (C=O) groups excluding carboxylic acids is 2. The minimum atomic E-state index is -2.65. The van der Waals surface area contributed by atoms with Crippen LogP contribution in [0.25, 0.3) is 0 Å². The zero-order valence-electron chi connectivity index (χ0n) is 14.9. The van der Waals surface area contributed by atoms with Gasteiger partial charge >= 0.3 is 12.1 Å². The maximum Gasteiger partial charge on any atom is 0.411 e. The van der Waals surface area contributed by atoms with E-state index in [-0.39, 0.29) is 26.0 Å². The van der Waals surface area contributed by atoms with Crippen LogP contribution in [-0.2, 0) is 14.3 Å². The number of halogens is 2. The monoisotopic (exact) mass is 347 g/mol. The summed E-state index contributed by atoms with van der Waals surface area (Å²) in [4.78, 5) is 26.1. The van der Waals surface area contributed by atoms with Gasteiger partial charge in [-0.05, 0) is 52.4 Å². The van der Waals surface area contributed by atoms with E-state index in [1.807, 2.05) is 0 Å². The lowest BCUT2D eigenvalue weighted by atomic mass is 9.71. The predicted octanol–water partition coefficient (Wildman–Crippen LogP) is 3.75. The number of carbonyl (C=O) groups is 2. The molecule has 1 aliphatic carbocycles. The van der Waals surface area contributed by atoms with Gasteiger partial charge in [0.1, 0.15) is 11.6 Å². The molecule has 2 fully saturated rings. The molecule has 138 valence electrons. The number of nitrogens with zero attached hydrogens (tertiary/aromatic N) is 1. The molecule has 1 heterocycles. The van der Waals surface area contributed by atoms with Gasteiger partial charge in [-0.3, -0.25) is 4.90 Å². The maximum atomic E-state index is 13.5. The van der Waals surface area contributed by atoms with E-state index in [4.69, 9.17) is 9.47 Å². The molecule has 1 spiro atoms. The highest BCUT2D eigenvalue weighted by Gasteiger charge is 2.53. The Kier molecular flexibility index (Phi) is 5.11.